The Morgan fingerprint density at radius 2 is 2.00 bits per heavy atom. The minimum Gasteiger partial charge on any atom is -0.312 e. The van der Waals surface area contributed by atoms with Crippen LogP contribution in [0.25, 0.3) is 0 Å². The van der Waals surface area contributed by atoms with Gasteiger partial charge in [-0.1, -0.05) is 29.8 Å². The Morgan fingerprint density at radius 1 is 1.25 bits per heavy atom. The Kier molecular flexibility index (Phi) is 4.62. The molecular weight excluding hydrogens is 234 g/mol. The lowest BCUT2D eigenvalue weighted by Crippen LogP contribution is -2.31. The maximum atomic E-state index is 3.47. The molecule has 0 spiro atoms. The molecule has 1 aromatic carbocycles. The highest BCUT2D eigenvalue weighted by Crippen LogP contribution is 2.33. The SMILES string of the molecule is CNC(c1ccc(C)cc1)C1CSCCS1. The van der Waals surface area contributed by atoms with Gasteiger partial charge >= 0.3 is 0 Å². The molecule has 0 aromatic heterocycles. The van der Waals surface area contributed by atoms with Crippen LogP contribution >= 0.6 is 23.5 Å². The fourth-order valence-corrected chi connectivity index (χ4v) is 4.95. The highest BCUT2D eigenvalue weighted by molar-refractivity contribution is 8.06. The first-order chi connectivity index (χ1) is 7.81. The molecule has 1 saturated heterocycles. The van der Waals surface area contributed by atoms with Crippen molar-refractivity contribution >= 4 is 23.5 Å². The van der Waals surface area contributed by atoms with E-state index < -0.39 is 0 Å². The molecule has 1 aliphatic heterocycles. The summed E-state index contributed by atoms with van der Waals surface area (Å²) in [5.74, 6) is 3.87. The van der Waals surface area contributed by atoms with Gasteiger partial charge in [0, 0.05) is 28.6 Å². The summed E-state index contributed by atoms with van der Waals surface area (Å²) in [4.78, 5) is 0. The van der Waals surface area contributed by atoms with Crippen molar-refractivity contribution in [3.05, 3.63) is 35.4 Å². The summed E-state index contributed by atoms with van der Waals surface area (Å²) in [6.07, 6.45) is 0. The summed E-state index contributed by atoms with van der Waals surface area (Å²) in [6.45, 7) is 2.14. The molecule has 16 heavy (non-hydrogen) atoms. The van der Waals surface area contributed by atoms with E-state index in [-0.39, 0.29) is 0 Å². The summed E-state index contributed by atoms with van der Waals surface area (Å²) in [5, 5.41) is 4.19. The minimum absolute atomic E-state index is 0.499. The monoisotopic (exact) mass is 253 g/mol. The molecule has 0 saturated carbocycles. The van der Waals surface area contributed by atoms with Crippen molar-refractivity contribution in [1.29, 1.82) is 0 Å². The van der Waals surface area contributed by atoms with Crippen LogP contribution in [-0.2, 0) is 0 Å². The van der Waals surface area contributed by atoms with Gasteiger partial charge in [0.05, 0.1) is 0 Å². The van der Waals surface area contributed by atoms with E-state index in [0.717, 1.165) is 0 Å². The highest BCUT2D eigenvalue weighted by Gasteiger charge is 2.24. The summed E-state index contributed by atoms with van der Waals surface area (Å²) in [7, 11) is 2.07. The van der Waals surface area contributed by atoms with Gasteiger partial charge in [0.2, 0.25) is 0 Å². The van der Waals surface area contributed by atoms with Gasteiger partial charge < -0.3 is 5.32 Å². The second-order valence-corrected chi connectivity index (χ2v) is 6.66. The lowest BCUT2D eigenvalue weighted by molar-refractivity contribution is 0.592. The molecule has 0 bridgehead atoms. The molecule has 1 N–H and O–H groups in total. The highest BCUT2D eigenvalue weighted by atomic mass is 32.2. The zero-order chi connectivity index (χ0) is 11.4. The molecule has 88 valence electrons. The Morgan fingerprint density at radius 3 is 2.56 bits per heavy atom. The number of hydrogen-bond donors (Lipinski definition) is 1. The zero-order valence-electron chi connectivity index (χ0n) is 9.90. The van der Waals surface area contributed by atoms with Crippen molar-refractivity contribution in [3.63, 3.8) is 0 Å². The van der Waals surface area contributed by atoms with Gasteiger partial charge in [-0.05, 0) is 19.5 Å². The van der Waals surface area contributed by atoms with Crippen LogP contribution in [0.15, 0.2) is 24.3 Å². The number of hydrogen-bond acceptors (Lipinski definition) is 3. The third-order valence-electron chi connectivity index (χ3n) is 2.96. The van der Waals surface area contributed by atoms with Crippen LogP contribution in [0.2, 0.25) is 0 Å². The smallest absolute Gasteiger partial charge is 0.0446 e. The van der Waals surface area contributed by atoms with Gasteiger partial charge in [0.25, 0.3) is 0 Å². The van der Waals surface area contributed by atoms with Gasteiger partial charge in [-0.15, -0.1) is 0 Å². The third-order valence-corrected chi connectivity index (χ3v) is 5.82. The Bertz CT molecular complexity index is 317. The first kappa shape index (κ1) is 12.3. The summed E-state index contributed by atoms with van der Waals surface area (Å²) in [6, 6.07) is 9.44. The van der Waals surface area contributed by atoms with Crippen LogP contribution in [0.1, 0.15) is 17.2 Å². The average Bonchev–Trinajstić information content (AvgIpc) is 2.34. The molecule has 3 heteroatoms. The molecule has 1 nitrogen and oxygen atoms in total. The standard InChI is InChI=1S/C13H19NS2/c1-10-3-5-11(6-4-10)13(14-2)12-9-15-7-8-16-12/h3-6,12-14H,7-9H2,1-2H3. The van der Waals surface area contributed by atoms with Crippen molar-refractivity contribution in [2.45, 2.75) is 18.2 Å². The minimum atomic E-state index is 0.499. The number of rotatable bonds is 3. The maximum absolute atomic E-state index is 3.47. The first-order valence-corrected chi connectivity index (χ1v) is 7.95. The second kappa shape index (κ2) is 5.99. The summed E-state index contributed by atoms with van der Waals surface area (Å²) in [5.41, 5.74) is 2.76. The van der Waals surface area contributed by atoms with Gasteiger partial charge in [0.1, 0.15) is 0 Å². The Balaban J connectivity index is 2.11. The Hall–Kier alpha value is -0.120. The number of thioether (sulfide) groups is 2. The fraction of sp³-hybridized carbons (Fsp3) is 0.538. The van der Waals surface area contributed by atoms with Crippen LogP contribution < -0.4 is 5.32 Å². The van der Waals surface area contributed by atoms with Crippen LogP contribution in [0.4, 0.5) is 0 Å². The first-order valence-electron chi connectivity index (χ1n) is 5.74. The van der Waals surface area contributed by atoms with E-state index in [4.69, 9.17) is 0 Å². The molecule has 1 aromatic rings. The van der Waals surface area contributed by atoms with E-state index in [1.54, 1.807) is 0 Å². The van der Waals surface area contributed by atoms with E-state index in [1.165, 1.54) is 28.4 Å². The molecule has 2 atom stereocenters. The molecular formula is C13H19NS2. The fourth-order valence-electron chi connectivity index (χ4n) is 2.04. The second-order valence-electron chi connectivity index (χ2n) is 4.16. The topological polar surface area (TPSA) is 12.0 Å². The Labute approximate surface area is 107 Å². The molecule has 1 fully saturated rings. The van der Waals surface area contributed by atoms with Gasteiger partial charge in [0.15, 0.2) is 0 Å². The van der Waals surface area contributed by atoms with Crippen molar-refractivity contribution < 1.29 is 0 Å². The molecule has 0 radical (unpaired) electrons. The summed E-state index contributed by atoms with van der Waals surface area (Å²) >= 11 is 4.20. The largest absolute Gasteiger partial charge is 0.312 e. The van der Waals surface area contributed by atoms with Gasteiger partial charge in [-0.2, -0.15) is 23.5 Å². The molecule has 1 heterocycles. The van der Waals surface area contributed by atoms with E-state index in [0.29, 0.717) is 11.3 Å². The molecule has 0 amide bonds. The predicted molar refractivity (Wildman–Crippen MR) is 76.6 cm³/mol. The van der Waals surface area contributed by atoms with Crippen LogP contribution in [-0.4, -0.2) is 29.6 Å². The molecule has 2 unspecified atom stereocenters. The summed E-state index contributed by atoms with van der Waals surface area (Å²) < 4.78 is 0. The van der Waals surface area contributed by atoms with Crippen molar-refractivity contribution in [1.82, 2.24) is 5.32 Å². The van der Waals surface area contributed by atoms with Crippen molar-refractivity contribution in [2.24, 2.45) is 0 Å². The molecule has 2 rings (SSSR count). The maximum Gasteiger partial charge on any atom is 0.0446 e. The molecule has 1 aliphatic rings. The lowest BCUT2D eigenvalue weighted by Gasteiger charge is -2.29. The van der Waals surface area contributed by atoms with Crippen LogP contribution in [0.3, 0.4) is 0 Å². The average molecular weight is 253 g/mol. The van der Waals surface area contributed by atoms with Crippen molar-refractivity contribution in [3.8, 4) is 0 Å². The third kappa shape index (κ3) is 2.96. The number of nitrogens with one attached hydrogen (secondary N) is 1. The van der Waals surface area contributed by atoms with Crippen molar-refractivity contribution in [2.75, 3.05) is 24.3 Å². The molecule has 0 aliphatic carbocycles. The quantitative estimate of drug-likeness (QED) is 0.889. The van der Waals surface area contributed by atoms with E-state index >= 15 is 0 Å². The van der Waals surface area contributed by atoms with E-state index in [2.05, 4.69) is 67.1 Å². The van der Waals surface area contributed by atoms with Crippen LogP contribution in [0, 0.1) is 6.92 Å². The number of benzene rings is 1. The number of aryl methyl sites for hydroxylation is 1. The van der Waals surface area contributed by atoms with E-state index in [9.17, 15) is 0 Å². The van der Waals surface area contributed by atoms with Crippen LogP contribution in [0.5, 0.6) is 0 Å². The van der Waals surface area contributed by atoms with Gasteiger partial charge in [-0.3, -0.25) is 0 Å². The predicted octanol–water partition coefficient (Wildman–Crippen LogP) is 3.10. The zero-order valence-corrected chi connectivity index (χ0v) is 11.5. The van der Waals surface area contributed by atoms with Gasteiger partial charge in [-0.25, -0.2) is 0 Å². The van der Waals surface area contributed by atoms with E-state index in [1.807, 2.05) is 0 Å². The normalized spacial score (nSPS) is 23.0. The lowest BCUT2D eigenvalue weighted by atomic mass is 10.0.